The molecule has 1 fully saturated rings. The summed E-state index contributed by atoms with van der Waals surface area (Å²) in [6.07, 6.45) is 5.86. The van der Waals surface area contributed by atoms with Crippen LogP contribution in [-0.2, 0) is 10.0 Å². The Hall–Kier alpha value is -1.11. The fourth-order valence-corrected chi connectivity index (χ4v) is 5.35. The molecule has 0 bridgehead atoms. The van der Waals surface area contributed by atoms with E-state index >= 15 is 0 Å². The number of sulfonamides is 1. The van der Waals surface area contributed by atoms with Gasteiger partial charge in [0.1, 0.15) is 5.75 Å². The van der Waals surface area contributed by atoms with E-state index in [9.17, 15) is 8.42 Å². The Balaban J connectivity index is 1.94. The first-order chi connectivity index (χ1) is 11.9. The molecule has 2 rings (SSSR count). The number of nitrogens with one attached hydrogen (secondary N) is 1. The van der Waals surface area contributed by atoms with Gasteiger partial charge in [0, 0.05) is 12.6 Å². The van der Waals surface area contributed by atoms with Crippen molar-refractivity contribution in [1.29, 1.82) is 0 Å². The normalized spacial score (nSPS) is 19.1. The van der Waals surface area contributed by atoms with Gasteiger partial charge in [0.2, 0.25) is 10.0 Å². The predicted octanol–water partition coefficient (Wildman–Crippen LogP) is 3.24. The van der Waals surface area contributed by atoms with Crippen LogP contribution in [0.1, 0.15) is 50.2 Å². The lowest BCUT2D eigenvalue weighted by Gasteiger charge is -2.35. The number of ether oxygens (including phenoxy) is 1. The van der Waals surface area contributed by atoms with Crippen molar-refractivity contribution < 1.29 is 13.2 Å². The Labute approximate surface area is 152 Å². The quantitative estimate of drug-likeness (QED) is 0.716. The van der Waals surface area contributed by atoms with Gasteiger partial charge in [-0.15, -0.1) is 0 Å². The molecule has 0 aliphatic carbocycles. The first kappa shape index (κ1) is 20.2. The monoisotopic (exact) mass is 368 g/mol. The molecule has 0 saturated carbocycles. The first-order valence-corrected chi connectivity index (χ1v) is 10.8. The molecule has 1 aliphatic rings. The van der Waals surface area contributed by atoms with Gasteiger partial charge < -0.3 is 9.64 Å². The average molecular weight is 369 g/mol. The molecule has 0 aromatic heterocycles. The number of hydrogen-bond donors (Lipinski definition) is 1. The number of nitrogens with zero attached hydrogens (tertiary/aromatic N) is 1. The van der Waals surface area contributed by atoms with Gasteiger partial charge in [-0.2, -0.15) is 0 Å². The van der Waals surface area contributed by atoms with E-state index in [1.54, 1.807) is 19.2 Å². The van der Waals surface area contributed by atoms with Crippen LogP contribution >= 0.6 is 0 Å². The standard InChI is InChI=1S/C19H32N2O3S/c1-5-17-9-6-7-11-21(17)12-8-10-20-25(22,23)19-15(2)13-18(24-4)14-16(19)3/h13-14,17,20H,5-12H2,1-4H3/t17-/m1/s1. The number of rotatable bonds is 8. The summed E-state index contributed by atoms with van der Waals surface area (Å²) >= 11 is 0. The highest BCUT2D eigenvalue weighted by atomic mass is 32.2. The van der Waals surface area contributed by atoms with Gasteiger partial charge in [0.25, 0.3) is 0 Å². The number of hydrogen-bond acceptors (Lipinski definition) is 4. The summed E-state index contributed by atoms with van der Waals surface area (Å²) < 4.78 is 33.3. The second-order valence-electron chi connectivity index (χ2n) is 6.94. The topological polar surface area (TPSA) is 58.6 Å². The SMILES string of the molecule is CC[C@@H]1CCCCN1CCCNS(=O)(=O)c1c(C)cc(OC)cc1C. The molecular formula is C19H32N2O3S. The summed E-state index contributed by atoms with van der Waals surface area (Å²) in [4.78, 5) is 2.89. The van der Waals surface area contributed by atoms with Crippen molar-refractivity contribution in [1.82, 2.24) is 9.62 Å². The highest BCUT2D eigenvalue weighted by molar-refractivity contribution is 7.89. The van der Waals surface area contributed by atoms with Crippen LogP contribution in [0.5, 0.6) is 5.75 Å². The molecule has 1 N–H and O–H groups in total. The number of piperidine rings is 1. The number of likely N-dealkylation sites (tertiary alicyclic amines) is 1. The predicted molar refractivity (Wildman–Crippen MR) is 102 cm³/mol. The Morgan fingerprint density at radius 2 is 1.92 bits per heavy atom. The van der Waals surface area contributed by atoms with E-state index in [4.69, 9.17) is 4.74 Å². The molecule has 5 nitrogen and oxygen atoms in total. The fraction of sp³-hybridized carbons (Fsp3) is 0.684. The van der Waals surface area contributed by atoms with Crippen LogP contribution in [-0.4, -0.2) is 46.1 Å². The molecule has 1 aliphatic heterocycles. The van der Waals surface area contributed by atoms with E-state index in [0.29, 0.717) is 34.4 Å². The summed E-state index contributed by atoms with van der Waals surface area (Å²) in [5.41, 5.74) is 1.43. The van der Waals surface area contributed by atoms with Crippen LogP contribution in [0.2, 0.25) is 0 Å². The molecular weight excluding hydrogens is 336 g/mol. The van der Waals surface area contributed by atoms with Crippen LogP contribution in [0.25, 0.3) is 0 Å². The molecule has 1 aromatic carbocycles. The van der Waals surface area contributed by atoms with E-state index in [2.05, 4.69) is 16.5 Å². The smallest absolute Gasteiger partial charge is 0.241 e. The molecule has 1 atom stereocenters. The minimum Gasteiger partial charge on any atom is -0.497 e. The van der Waals surface area contributed by atoms with Crippen molar-refractivity contribution in [3.8, 4) is 5.75 Å². The van der Waals surface area contributed by atoms with Gasteiger partial charge in [-0.05, 0) is 75.9 Å². The van der Waals surface area contributed by atoms with Gasteiger partial charge >= 0.3 is 0 Å². The van der Waals surface area contributed by atoms with Crippen molar-refractivity contribution in [3.05, 3.63) is 23.3 Å². The summed E-state index contributed by atoms with van der Waals surface area (Å²) in [5.74, 6) is 0.685. The fourth-order valence-electron chi connectivity index (χ4n) is 3.83. The first-order valence-electron chi connectivity index (χ1n) is 9.28. The minimum atomic E-state index is -3.49. The van der Waals surface area contributed by atoms with Crippen molar-refractivity contribution in [3.63, 3.8) is 0 Å². The average Bonchev–Trinajstić information content (AvgIpc) is 2.58. The van der Waals surface area contributed by atoms with Crippen LogP contribution < -0.4 is 9.46 Å². The highest BCUT2D eigenvalue weighted by Crippen LogP contribution is 2.25. The van der Waals surface area contributed by atoms with Crippen LogP contribution in [0, 0.1) is 13.8 Å². The molecule has 6 heteroatoms. The Bertz CT molecular complexity index is 650. The van der Waals surface area contributed by atoms with E-state index < -0.39 is 10.0 Å². The zero-order chi connectivity index (χ0) is 18.4. The van der Waals surface area contributed by atoms with E-state index in [-0.39, 0.29) is 0 Å². The summed E-state index contributed by atoms with van der Waals surface area (Å²) in [6.45, 7) is 8.43. The van der Waals surface area contributed by atoms with Crippen LogP contribution in [0.3, 0.4) is 0 Å². The van der Waals surface area contributed by atoms with Crippen molar-refractivity contribution >= 4 is 10.0 Å². The van der Waals surface area contributed by atoms with Gasteiger partial charge in [-0.1, -0.05) is 13.3 Å². The molecule has 0 spiro atoms. The van der Waals surface area contributed by atoms with Crippen LogP contribution in [0.15, 0.2) is 17.0 Å². The van der Waals surface area contributed by atoms with E-state index in [1.807, 2.05) is 13.8 Å². The second-order valence-corrected chi connectivity index (χ2v) is 8.64. The highest BCUT2D eigenvalue weighted by Gasteiger charge is 2.22. The molecule has 1 aromatic rings. The maximum absolute atomic E-state index is 12.7. The molecule has 25 heavy (non-hydrogen) atoms. The summed E-state index contributed by atoms with van der Waals surface area (Å²) in [5, 5.41) is 0. The third-order valence-corrected chi connectivity index (χ3v) is 6.84. The third-order valence-electron chi connectivity index (χ3n) is 5.07. The maximum atomic E-state index is 12.7. The zero-order valence-electron chi connectivity index (χ0n) is 16.0. The Morgan fingerprint density at radius 1 is 1.24 bits per heavy atom. The van der Waals surface area contributed by atoms with Crippen molar-refractivity contribution in [2.45, 2.75) is 63.8 Å². The Kier molecular flexibility index (Phi) is 7.28. The third kappa shape index (κ3) is 5.19. The van der Waals surface area contributed by atoms with Crippen molar-refractivity contribution in [2.75, 3.05) is 26.7 Å². The summed E-state index contributed by atoms with van der Waals surface area (Å²) in [7, 11) is -1.90. The van der Waals surface area contributed by atoms with Gasteiger partial charge in [0.05, 0.1) is 12.0 Å². The Morgan fingerprint density at radius 3 is 2.52 bits per heavy atom. The lowest BCUT2D eigenvalue weighted by Crippen LogP contribution is -2.40. The molecule has 0 amide bonds. The number of aryl methyl sites for hydroxylation is 2. The summed E-state index contributed by atoms with van der Waals surface area (Å²) in [6, 6.07) is 4.19. The van der Waals surface area contributed by atoms with Gasteiger partial charge in [-0.25, -0.2) is 13.1 Å². The lowest BCUT2D eigenvalue weighted by atomic mass is 10.00. The minimum absolute atomic E-state index is 0.373. The maximum Gasteiger partial charge on any atom is 0.241 e. The van der Waals surface area contributed by atoms with E-state index in [0.717, 1.165) is 19.5 Å². The van der Waals surface area contributed by atoms with Crippen molar-refractivity contribution in [2.24, 2.45) is 0 Å². The second kappa shape index (κ2) is 9.01. The molecule has 1 saturated heterocycles. The molecule has 0 radical (unpaired) electrons. The number of methoxy groups -OCH3 is 1. The molecule has 0 unspecified atom stereocenters. The van der Waals surface area contributed by atoms with E-state index in [1.165, 1.54) is 25.7 Å². The zero-order valence-corrected chi connectivity index (χ0v) is 16.8. The largest absolute Gasteiger partial charge is 0.497 e. The van der Waals surface area contributed by atoms with Gasteiger partial charge in [0.15, 0.2) is 0 Å². The van der Waals surface area contributed by atoms with Crippen LogP contribution in [0.4, 0.5) is 0 Å². The molecule has 142 valence electrons. The lowest BCUT2D eigenvalue weighted by molar-refractivity contribution is 0.143. The van der Waals surface area contributed by atoms with Gasteiger partial charge in [-0.3, -0.25) is 0 Å². The number of benzene rings is 1. The molecule has 1 heterocycles.